The molecule has 0 bridgehead atoms. The van der Waals surface area contributed by atoms with Gasteiger partial charge < -0.3 is 4.43 Å². The molecule has 0 aromatic rings. The van der Waals surface area contributed by atoms with E-state index in [1.54, 1.807) is 0 Å². The van der Waals surface area contributed by atoms with Crippen molar-refractivity contribution in [2.24, 2.45) is 0 Å². The summed E-state index contributed by atoms with van der Waals surface area (Å²) < 4.78 is 42.3. The van der Waals surface area contributed by atoms with Crippen molar-refractivity contribution in [3.05, 3.63) is 0 Å². The molecule has 15 heavy (non-hydrogen) atoms. The zero-order chi connectivity index (χ0) is 12.3. The van der Waals surface area contributed by atoms with Gasteiger partial charge in [0.1, 0.15) is 0 Å². The van der Waals surface area contributed by atoms with Crippen LogP contribution in [0.5, 0.6) is 0 Å². The van der Waals surface area contributed by atoms with Crippen LogP contribution in [-0.4, -0.2) is 28.2 Å². The van der Waals surface area contributed by atoms with Crippen LogP contribution in [0.15, 0.2) is 0 Å². The molecule has 1 unspecified atom stereocenters. The Bertz CT molecular complexity index is 201. The monoisotopic (exact) mass is 258 g/mol. The molecular formula is C9H21F3OSi2. The van der Waals surface area contributed by atoms with Gasteiger partial charge in [0.15, 0.2) is 7.83 Å². The Hall–Kier alpha value is 0.184. The summed E-state index contributed by atoms with van der Waals surface area (Å²) in [7, 11) is -3.76. The molecule has 0 aliphatic rings. The Morgan fingerprint density at radius 1 is 1.07 bits per heavy atom. The Morgan fingerprint density at radius 3 is 1.80 bits per heavy atom. The van der Waals surface area contributed by atoms with E-state index in [1.807, 2.05) is 13.5 Å². The van der Waals surface area contributed by atoms with Crippen LogP contribution < -0.4 is 0 Å². The van der Waals surface area contributed by atoms with Crippen molar-refractivity contribution in [3.8, 4) is 0 Å². The minimum Gasteiger partial charge on any atom is -0.420 e. The van der Waals surface area contributed by atoms with Crippen LogP contribution in [0.1, 0.15) is 13.3 Å². The molecule has 0 aromatic heterocycles. The van der Waals surface area contributed by atoms with Crippen molar-refractivity contribution in [1.29, 1.82) is 0 Å². The van der Waals surface area contributed by atoms with E-state index in [2.05, 4.69) is 19.6 Å². The lowest BCUT2D eigenvalue weighted by molar-refractivity contribution is -0.131. The van der Waals surface area contributed by atoms with Gasteiger partial charge in [0.2, 0.25) is 0 Å². The summed E-state index contributed by atoms with van der Waals surface area (Å²) in [5, 5.41) is 0. The molecule has 0 aromatic carbocycles. The molecule has 0 heterocycles. The van der Waals surface area contributed by atoms with E-state index in [4.69, 9.17) is 4.43 Å². The van der Waals surface area contributed by atoms with Gasteiger partial charge in [-0.15, -0.1) is 0 Å². The number of halogens is 3. The van der Waals surface area contributed by atoms with Crippen molar-refractivity contribution in [3.63, 3.8) is 0 Å². The Kier molecular flexibility index (Phi) is 5.07. The van der Waals surface area contributed by atoms with Crippen molar-refractivity contribution in [2.75, 3.05) is 6.61 Å². The molecule has 0 aliphatic carbocycles. The van der Waals surface area contributed by atoms with E-state index < -0.39 is 28.0 Å². The third kappa shape index (κ3) is 5.17. The molecule has 0 saturated carbocycles. The normalized spacial score (nSPS) is 17.6. The molecule has 0 rings (SSSR count). The van der Waals surface area contributed by atoms with Crippen LogP contribution >= 0.6 is 0 Å². The fourth-order valence-electron chi connectivity index (χ4n) is 1.36. The fraction of sp³-hybridized carbons (Fsp3) is 1.00. The number of hydrogen-bond donors (Lipinski definition) is 0. The first-order valence-corrected chi connectivity index (χ1v) is 12.3. The van der Waals surface area contributed by atoms with Crippen molar-refractivity contribution in [1.82, 2.24) is 0 Å². The lowest BCUT2D eigenvalue weighted by Gasteiger charge is -2.38. The average molecular weight is 258 g/mol. The van der Waals surface area contributed by atoms with Gasteiger partial charge in [0.25, 0.3) is 0 Å². The standard InChI is InChI=1S/C9H21F3OSi2/c1-6-13-15(5,14(2,3)4)8-7-9(10,11)12/h6-8H2,1-5H3. The summed E-state index contributed by atoms with van der Waals surface area (Å²) in [6, 6.07) is 0.208. The predicted octanol–water partition coefficient (Wildman–Crippen LogP) is 3.97. The highest BCUT2D eigenvalue weighted by atomic mass is 29.3. The molecular weight excluding hydrogens is 237 g/mol. The fourth-order valence-corrected chi connectivity index (χ4v) is 8.44. The molecule has 0 saturated heterocycles. The molecule has 0 aliphatic heterocycles. The van der Waals surface area contributed by atoms with Crippen LogP contribution in [-0.2, 0) is 4.43 Å². The quantitative estimate of drug-likeness (QED) is 0.678. The van der Waals surface area contributed by atoms with E-state index >= 15 is 0 Å². The van der Waals surface area contributed by atoms with Crippen LogP contribution in [0.3, 0.4) is 0 Å². The maximum absolute atomic E-state index is 12.2. The third-order valence-corrected chi connectivity index (χ3v) is 18.9. The van der Waals surface area contributed by atoms with Gasteiger partial charge >= 0.3 is 6.18 Å². The summed E-state index contributed by atoms with van der Waals surface area (Å²) >= 11 is 0. The summed E-state index contributed by atoms with van der Waals surface area (Å²) in [5.74, 6) is 0. The minimum atomic E-state index is -4.05. The zero-order valence-corrected chi connectivity index (χ0v) is 12.2. The first kappa shape index (κ1) is 15.2. The smallest absolute Gasteiger partial charge is 0.388 e. The highest BCUT2D eigenvalue weighted by molar-refractivity contribution is 7.38. The molecule has 0 radical (unpaired) electrons. The second-order valence-corrected chi connectivity index (χ2v) is 20.5. The lowest BCUT2D eigenvalue weighted by Crippen LogP contribution is -2.57. The van der Waals surface area contributed by atoms with Gasteiger partial charge in [-0.05, 0) is 19.5 Å². The van der Waals surface area contributed by atoms with Crippen molar-refractivity contribution >= 4 is 15.4 Å². The second-order valence-electron chi connectivity index (χ2n) is 5.03. The SMILES string of the molecule is CCO[Si](C)(CCC(F)(F)F)[Si](C)(C)C. The zero-order valence-electron chi connectivity index (χ0n) is 10.2. The Morgan fingerprint density at radius 2 is 1.53 bits per heavy atom. The summed E-state index contributed by atoms with van der Waals surface area (Å²) in [6.07, 6.45) is -4.75. The van der Waals surface area contributed by atoms with Gasteiger partial charge in [0.05, 0.1) is 7.59 Å². The Balaban J connectivity index is 4.53. The highest BCUT2D eigenvalue weighted by Gasteiger charge is 2.45. The van der Waals surface area contributed by atoms with Crippen LogP contribution in [0, 0.1) is 0 Å². The number of hydrogen-bond acceptors (Lipinski definition) is 1. The molecule has 1 nitrogen and oxygen atoms in total. The largest absolute Gasteiger partial charge is 0.420 e. The molecule has 0 spiro atoms. The summed E-state index contributed by atoms with van der Waals surface area (Å²) in [5.41, 5.74) is 0. The van der Waals surface area contributed by atoms with E-state index in [1.165, 1.54) is 0 Å². The van der Waals surface area contributed by atoms with Gasteiger partial charge in [-0.2, -0.15) is 13.2 Å². The summed E-state index contributed by atoms with van der Waals surface area (Å²) in [6.45, 7) is 10.7. The Labute approximate surface area is 91.9 Å². The van der Waals surface area contributed by atoms with Crippen LogP contribution in [0.25, 0.3) is 0 Å². The number of alkyl halides is 3. The topological polar surface area (TPSA) is 9.23 Å². The van der Waals surface area contributed by atoms with Crippen LogP contribution in [0.2, 0.25) is 32.2 Å². The molecule has 6 heteroatoms. The average Bonchev–Trinajstić information content (AvgIpc) is 1.98. The third-order valence-electron chi connectivity index (χ3n) is 2.93. The van der Waals surface area contributed by atoms with E-state index in [9.17, 15) is 13.2 Å². The van der Waals surface area contributed by atoms with Gasteiger partial charge in [0, 0.05) is 13.0 Å². The maximum Gasteiger partial charge on any atom is 0.388 e. The second kappa shape index (κ2) is 5.01. The van der Waals surface area contributed by atoms with Crippen molar-refractivity contribution < 1.29 is 17.6 Å². The van der Waals surface area contributed by atoms with Gasteiger partial charge in [-0.3, -0.25) is 0 Å². The number of rotatable bonds is 5. The van der Waals surface area contributed by atoms with E-state index in [-0.39, 0.29) is 6.04 Å². The molecule has 0 N–H and O–H groups in total. The van der Waals surface area contributed by atoms with Gasteiger partial charge in [-0.1, -0.05) is 19.6 Å². The molecule has 0 amide bonds. The minimum absolute atomic E-state index is 0.208. The molecule has 0 fully saturated rings. The lowest BCUT2D eigenvalue weighted by atomic mass is 10.5. The summed E-state index contributed by atoms with van der Waals surface area (Å²) in [4.78, 5) is 0. The van der Waals surface area contributed by atoms with Crippen molar-refractivity contribution in [2.45, 2.75) is 51.8 Å². The van der Waals surface area contributed by atoms with Gasteiger partial charge in [-0.25, -0.2) is 0 Å². The molecule has 92 valence electrons. The van der Waals surface area contributed by atoms with Crippen LogP contribution in [0.4, 0.5) is 13.2 Å². The van der Waals surface area contributed by atoms with E-state index in [0.717, 1.165) is 0 Å². The van der Waals surface area contributed by atoms with E-state index in [0.29, 0.717) is 6.61 Å². The molecule has 1 atom stereocenters. The predicted molar refractivity (Wildman–Crippen MR) is 62.1 cm³/mol. The maximum atomic E-state index is 12.2. The first-order chi connectivity index (χ1) is 6.52. The first-order valence-electron chi connectivity index (χ1n) is 5.22. The highest BCUT2D eigenvalue weighted by Crippen LogP contribution is 2.31.